The highest BCUT2D eigenvalue weighted by atomic mass is 15.2. The Balaban J connectivity index is 1.79. The molecule has 0 amide bonds. The van der Waals surface area contributed by atoms with Crippen molar-refractivity contribution in [1.29, 1.82) is 0 Å². The maximum absolute atomic E-state index is 3.56. The second kappa shape index (κ2) is 5.50. The molecule has 1 aliphatic heterocycles. The van der Waals surface area contributed by atoms with Crippen LogP contribution in [0.1, 0.15) is 46.5 Å². The maximum atomic E-state index is 3.56. The molecule has 1 saturated carbocycles. The molecule has 1 saturated heterocycles. The predicted octanol–water partition coefficient (Wildman–Crippen LogP) is 2.49. The van der Waals surface area contributed by atoms with Crippen molar-refractivity contribution in [3.63, 3.8) is 0 Å². The minimum absolute atomic E-state index is 0.679. The van der Waals surface area contributed by atoms with Gasteiger partial charge >= 0.3 is 0 Å². The molecule has 94 valence electrons. The second-order valence-electron chi connectivity index (χ2n) is 6.24. The minimum Gasteiger partial charge on any atom is -0.311 e. The summed E-state index contributed by atoms with van der Waals surface area (Å²) in [6, 6.07) is 1.41. The van der Waals surface area contributed by atoms with Gasteiger partial charge < -0.3 is 5.32 Å². The number of nitrogens with zero attached hydrogens (tertiary/aromatic N) is 1. The fourth-order valence-electron chi connectivity index (χ4n) is 3.19. The Morgan fingerprint density at radius 1 is 1.06 bits per heavy atom. The van der Waals surface area contributed by atoms with E-state index >= 15 is 0 Å². The normalized spacial score (nSPS) is 42.2. The van der Waals surface area contributed by atoms with Crippen molar-refractivity contribution in [3.05, 3.63) is 0 Å². The molecule has 1 heterocycles. The first-order valence-electron chi connectivity index (χ1n) is 7.12. The van der Waals surface area contributed by atoms with E-state index in [1.165, 1.54) is 45.3 Å². The van der Waals surface area contributed by atoms with Crippen molar-refractivity contribution in [2.24, 2.45) is 11.8 Å². The van der Waals surface area contributed by atoms with Crippen LogP contribution in [-0.2, 0) is 0 Å². The summed E-state index contributed by atoms with van der Waals surface area (Å²) in [7, 11) is 0. The van der Waals surface area contributed by atoms with Crippen LogP contribution in [0.5, 0.6) is 0 Å². The zero-order valence-corrected chi connectivity index (χ0v) is 11.2. The SMILES string of the molecule is CC1CCC(CN2CC(C)NCC2C)CC1. The summed E-state index contributed by atoms with van der Waals surface area (Å²) in [5, 5.41) is 3.56. The fourth-order valence-corrected chi connectivity index (χ4v) is 3.19. The third-order valence-electron chi connectivity index (χ3n) is 4.52. The fraction of sp³-hybridized carbons (Fsp3) is 1.00. The quantitative estimate of drug-likeness (QED) is 0.775. The third kappa shape index (κ3) is 3.21. The number of hydrogen-bond acceptors (Lipinski definition) is 2. The molecular formula is C14H28N2. The van der Waals surface area contributed by atoms with Crippen molar-refractivity contribution >= 4 is 0 Å². The molecule has 1 N–H and O–H groups in total. The zero-order chi connectivity index (χ0) is 11.5. The van der Waals surface area contributed by atoms with Gasteiger partial charge in [0, 0.05) is 31.7 Å². The van der Waals surface area contributed by atoms with E-state index in [-0.39, 0.29) is 0 Å². The van der Waals surface area contributed by atoms with E-state index in [0.29, 0.717) is 6.04 Å². The van der Waals surface area contributed by atoms with Crippen molar-refractivity contribution in [2.75, 3.05) is 19.6 Å². The van der Waals surface area contributed by atoms with Crippen LogP contribution in [0.2, 0.25) is 0 Å². The molecule has 1 aliphatic carbocycles. The molecule has 2 rings (SSSR count). The largest absolute Gasteiger partial charge is 0.311 e. The summed E-state index contributed by atoms with van der Waals surface area (Å²) in [4.78, 5) is 2.71. The van der Waals surface area contributed by atoms with Crippen LogP contribution in [0, 0.1) is 11.8 Å². The van der Waals surface area contributed by atoms with Crippen LogP contribution in [0.25, 0.3) is 0 Å². The van der Waals surface area contributed by atoms with Crippen LogP contribution >= 0.6 is 0 Å². The van der Waals surface area contributed by atoms with Crippen molar-refractivity contribution in [2.45, 2.75) is 58.5 Å². The van der Waals surface area contributed by atoms with Gasteiger partial charge in [-0.1, -0.05) is 19.8 Å². The van der Waals surface area contributed by atoms with E-state index < -0.39 is 0 Å². The van der Waals surface area contributed by atoms with Gasteiger partial charge in [-0.25, -0.2) is 0 Å². The van der Waals surface area contributed by atoms with E-state index in [1.54, 1.807) is 0 Å². The lowest BCUT2D eigenvalue weighted by Gasteiger charge is -2.40. The molecule has 0 bridgehead atoms. The molecule has 2 aliphatic rings. The van der Waals surface area contributed by atoms with Gasteiger partial charge in [-0.15, -0.1) is 0 Å². The van der Waals surface area contributed by atoms with E-state index in [2.05, 4.69) is 31.0 Å². The van der Waals surface area contributed by atoms with E-state index in [1.807, 2.05) is 0 Å². The molecule has 2 atom stereocenters. The molecule has 0 spiro atoms. The van der Waals surface area contributed by atoms with E-state index in [9.17, 15) is 0 Å². The molecule has 0 radical (unpaired) electrons. The first-order valence-corrected chi connectivity index (χ1v) is 7.12. The van der Waals surface area contributed by atoms with Gasteiger partial charge in [-0.05, 0) is 38.5 Å². The van der Waals surface area contributed by atoms with Gasteiger partial charge in [-0.3, -0.25) is 4.90 Å². The molecule has 0 aromatic heterocycles. The summed E-state index contributed by atoms with van der Waals surface area (Å²) in [5.74, 6) is 1.96. The molecule has 2 heteroatoms. The van der Waals surface area contributed by atoms with Gasteiger partial charge in [0.2, 0.25) is 0 Å². The highest BCUT2D eigenvalue weighted by Crippen LogP contribution is 2.29. The second-order valence-corrected chi connectivity index (χ2v) is 6.24. The Bertz CT molecular complexity index is 209. The maximum Gasteiger partial charge on any atom is 0.0193 e. The van der Waals surface area contributed by atoms with Crippen LogP contribution in [0.4, 0.5) is 0 Å². The Morgan fingerprint density at radius 3 is 2.44 bits per heavy atom. The highest BCUT2D eigenvalue weighted by molar-refractivity contribution is 4.83. The summed E-state index contributed by atoms with van der Waals surface area (Å²) in [6.07, 6.45) is 5.85. The number of rotatable bonds is 2. The third-order valence-corrected chi connectivity index (χ3v) is 4.52. The minimum atomic E-state index is 0.679. The predicted molar refractivity (Wildman–Crippen MR) is 69.6 cm³/mol. The van der Waals surface area contributed by atoms with Gasteiger partial charge in [0.05, 0.1) is 0 Å². The van der Waals surface area contributed by atoms with E-state index in [0.717, 1.165) is 17.9 Å². The van der Waals surface area contributed by atoms with Crippen LogP contribution in [-0.4, -0.2) is 36.6 Å². The molecule has 2 nitrogen and oxygen atoms in total. The molecule has 0 aromatic rings. The topological polar surface area (TPSA) is 15.3 Å². The smallest absolute Gasteiger partial charge is 0.0193 e. The number of nitrogens with one attached hydrogen (secondary N) is 1. The Hall–Kier alpha value is -0.0800. The average molecular weight is 224 g/mol. The average Bonchev–Trinajstić information content (AvgIpc) is 2.27. The van der Waals surface area contributed by atoms with Gasteiger partial charge in [0.25, 0.3) is 0 Å². The molecule has 2 fully saturated rings. The summed E-state index contributed by atoms with van der Waals surface area (Å²) >= 11 is 0. The Morgan fingerprint density at radius 2 is 1.75 bits per heavy atom. The first-order chi connectivity index (χ1) is 7.65. The van der Waals surface area contributed by atoms with Crippen LogP contribution in [0.15, 0.2) is 0 Å². The lowest BCUT2D eigenvalue weighted by atomic mass is 9.82. The first kappa shape index (κ1) is 12.4. The van der Waals surface area contributed by atoms with Gasteiger partial charge in [0.1, 0.15) is 0 Å². The Kier molecular flexibility index (Phi) is 4.26. The van der Waals surface area contributed by atoms with E-state index in [4.69, 9.17) is 0 Å². The number of hydrogen-bond donors (Lipinski definition) is 1. The zero-order valence-electron chi connectivity index (χ0n) is 11.2. The van der Waals surface area contributed by atoms with Crippen molar-refractivity contribution in [3.8, 4) is 0 Å². The lowest BCUT2D eigenvalue weighted by Crippen LogP contribution is -2.55. The van der Waals surface area contributed by atoms with Gasteiger partial charge in [-0.2, -0.15) is 0 Å². The molecule has 2 unspecified atom stereocenters. The summed E-state index contributed by atoms with van der Waals surface area (Å²) < 4.78 is 0. The molecule has 16 heavy (non-hydrogen) atoms. The monoisotopic (exact) mass is 224 g/mol. The standard InChI is InChI=1S/C14H28N2/c1-11-4-6-14(7-5-11)10-16-9-12(2)15-8-13(16)3/h11-15H,4-10H2,1-3H3. The van der Waals surface area contributed by atoms with Gasteiger partial charge in [0.15, 0.2) is 0 Å². The lowest BCUT2D eigenvalue weighted by molar-refractivity contribution is 0.107. The molecular weight excluding hydrogens is 196 g/mol. The summed E-state index contributed by atoms with van der Waals surface area (Å²) in [5.41, 5.74) is 0. The number of piperazine rings is 1. The Labute approximate surface area is 101 Å². The van der Waals surface area contributed by atoms with Crippen LogP contribution < -0.4 is 5.32 Å². The van der Waals surface area contributed by atoms with Crippen molar-refractivity contribution < 1.29 is 0 Å². The van der Waals surface area contributed by atoms with Crippen LogP contribution in [0.3, 0.4) is 0 Å². The summed E-state index contributed by atoms with van der Waals surface area (Å²) in [6.45, 7) is 10.8. The molecule has 0 aromatic carbocycles. The van der Waals surface area contributed by atoms with Crippen molar-refractivity contribution in [1.82, 2.24) is 10.2 Å². The highest BCUT2D eigenvalue weighted by Gasteiger charge is 2.26.